The van der Waals surface area contributed by atoms with Gasteiger partial charge >= 0.3 is 0 Å². The molecule has 170 valence electrons. The number of nitrogens with zero attached hydrogens (tertiary/aromatic N) is 2. The van der Waals surface area contributed by atoms with Gasteiger partial charge in [0.25, 0.3) is 0 Å². The molecular formula is C25H32N4O3. The van der Waals surface area contributed by atoms with Gasteiger partial charge in [-0.15, -0.1) is 0 Å². The zero-order chi connectivity index (χ0) is 22.6. The molecule has 7 heteroatoms. The summed E-state index contributed by atoms with van der Waals surface area (Å²) in [5, 5.41) is 19.4. The number of carbonyl (C=O) groups is 1. The van der Waals surface area contributed by atoms with Crippen molar-refractivity contribution in [3.63, 3.8) is 0 Å². The number of pyridine rings is 1. The molecule has 1 aromatic heterocycles. The largest absolute Gasteiger partial charge is 0.400 e. The van der Waals surface area contributed by atoms with Crippen molar-refractivity contribution in [2.75, 3.05) is 43.6 Å². The molecule has 2 aliphatic heterocycles. The zero-order valence-electron chi connectivity index (χ0n) is 18.6. The lowest BCUT2D eigenvalue weighted by Gasteiger charge is -2.54. The Morgan fingerprint density at radius 3 is 2.50 bits per heavy atom. The van der Waals surface area contributed by atoms with Crippen molar-refractivity contribution < 1.29 is 14.6 Å². The van der Waals surface area contributed by atoms with Crippen LogP contribution in [0.4, 0.5) is 17.2 Å². The topological polar surface area (TPSA) is 98.5 Å². The molecule has 1 spiro atoms. The number of aldehydes is 1. The Morgan fingerprint density at radius 1 is 1.22 bits per heavy atom. The van der Waals surface area contributed by atoms with Gasteiger partial charge in [0.1, 0.15) is 11.5 Å². The second-order valence-corrected chi connectivity index (χ2v) is 8.91. The first kappa shape index (κ1) is 22.4. The lowest BCUT2D eigenvalue weighted by molar-refractivity contribution is -0.000207. The van der Waals surface area contributed by atoms with Crippen molar-refractivity contribution in [3.05, 3.63) is 47.7 Å². The molecule has 7 nitrogen and oxygen atoms in total. The average molecular weight is 437 g/mol. The Bertz CT molecular complexity index is 945. The summed E-state index contributed by atoms with van der Waals surface area (Å²) in [6, 6.07) is 11.7. The number of anilines is 3. The number of carbonyl (C=O) groups excluding carboxylic acids is 1. The molecule has 1 aromatic carbocycles. The van der Waals surface area contributed by atoms with Gasteiger partial charge in [0.15, 0.2) is 6.29 Å². The number of ether oxygens (including phenoxy) is 1. The molecule has 0 amide bonds. The minimum Gasteiger partial charge on any atom is -0.400 e. The van der Waals surface area contributed by atoms with Crippen LogP contribution >= 0.6 is 0 Å². The smallest absolute Gasteiger partial charge is 0.168 e. The van der Waals surface area contributed by atoms with E-state index < -0.39 is 0 Å². The second-order valence-electron chi connectivity index (χ2n) is 8.91. The van der Waals surface area contributed by atoms with Crippen LogP contribution in [-0.2, 0) is 4.74 Å². The Morgan fingerprint density at radius 2 is 1.91 bits per heavy atom. The third-order valence-corrected chi connectivity index (χ3v) is 6.91. The summed E-state index contributed by atoms with van der Waals surface area (Å²) in [5.74, 6) is 0.896. The lowest BCUT2D eigenvalue weighted by Crippen LogP contribution is -2.59. The van der Waals surface area contributed by atoms with Gasteiger partial charge in [0.2, 0.25) is 0 Å². The van der Waals surface area contributed by atoms with E-state index >= 15 is 0 Å². The Labute approximate surface area is 189 Å². The van der Waals surface area contributed by atoms with Crippen LogP contribution in [-0.4, -0.2) is 55.5 Å². The molecule has 3 N–H and O–H groups in total. The summed E-state index contributed by atoms with van der Waals surface area (Å²) in [4.78, 5) is 18.6. The van der Waals surface area contributed by atoms with Gasteiger partial charge in [-0.2, -0.15) is 0 Å². The van der Waals surface area contributed by atoms with E-state index in [-0.39, 0.29) is 5.92 Å². The number of aliphatic hydroxyl groups is 1. The maximum absolute atomic E-state index is 11.7. The van der Waals surface area contributed by atoms with Crippen LogP contribution in [0.3, 0.4) is 0 Å². The van der Waals surface area contributed by atoms with Crippen molar-refractivity contribution >= 4 is 29.2 Å². The Hall–Kier alpha value is -2.77. The molecule has 1 saturated carbocycles. The lowest BCUT2D eigenvalue weighted by atomic mass is 9.72. The monoisotopic (exact) mass is 436 g/mol. The fraction of sp³-hybridized carbons (Fsp3) is 0.480. The number of para-hydroxylation sites is 1. The van der Waals surface area contributed by atoms with Crippen molar-refractivity contribution in [2.45, 2.75) is 32.1 Å². The van der Waals surface area contributed by atoms with Crippen LogP contribution in [0.5, 0.6) is 0 Å². The first-order valence-electron chi connectivity index (χ1n) is 11.4. The first-order valence-corrected chi connectivity index (χ1v) is 11.4. The van der Waals surface area contributed by atoms with E-state index in [1.54, 1.807) is 0 Å². The highest BCUT2D eigenvalue weighted by molar-refractivity contribution is 6.10. The van der Waals surface area contributed by atoms with Crippen LogP contribution < -0.4 is 10.2 Å². The second kappa shape index (κ2) is 9.79. The summed E-state index contributed by atoms with van der Waals surface area (Å²) in [6.45, 7) is 3.56. The van der Waals surface area contributed by atoms with E-state index in [0.29, 0.717) is 22.6 Å². The fourth-order valence-corrected chi connectivity index (χ4v) is 4.83. The Kier molecular flexibility index (Phi) is 6.86. The van der Waals surface area contributed by atoms with E-state index in [0.717, 1.165) is 82.3 Å². The molecule has 5 rings (SSSR count). The van der Waals surface area contributed by atoms with E-state index in [2.05, 4.69) is 15.2 Å². The van der Waals surface area contributed by atoms with Crippen molar-refractivity contribution in [3.8, 4) is 0 Å². The molecule has 2 aromatic rings. The summed E-state index contributed by atoms with van der Waals surface area (Å²) in [6.07, 6.45) is 6.26. The molecule has 3 fully saturated rings. The van der Waals surface area contributed by atoms with E-state index in [1.165, 1.54) is 6.42 Å². The van der Waals surface area contributed by atoms with Gasteiger partial charge < -0.3 is 25.5 Å². The van der Waals surface area contributed by atoms with Gasteiger partial charge in [-0.1, -0.05) is 24.6 Å². The third-order valence-electron chi connectivity index (χ3n) is 6.91. The number of rotatable bonds is 6. The number of aliphatic hydroxyl groups excluding tert-OH is 1. The van der Waals surface area contributed by atoms with E-state index in [1.807, 2.05) is 36.4 Å². The van der Waals surface area contributed by atoms with Crippen molar-refractivity contribution in [2.24, 2.45) is 11.3 Å². The highest BCUT2D eigenvalue weighted by atomic mass is 16.5. The van der Waals surface area contributed by atoms with Crippen LogP contribution in [0.1, 0.15) is 48.2 Å². The Balaban J connectivity index is 0.00000119. The third kappa shape index (κ3) is 4.40. The maximum Gasteiger partial charge on any atom is 0.168 e. The molecule has 0 unspecified atom stereocenters. The predicted molar refractivity (Wildman–Crippen MR) is 126 cm³/mol. The van der Waals surface area contributed by atoms with E-state index in [9.17, 15) is 4.79 Å². The molecule has 3 aliphatic rings. The quantitative estimate of drug-likeness (QED) is 0.467. The van der Waals surface area contributed by atoms with Crippen LogP contribution in [0, 0.1) is 16.7 Å². The van der Waals surface area contributed by atoms with Crippen molar-refractivity contribution in [1.82, 2.24) is 4.98 Å². The van der Waals surface area contributed by atoms with Gasteiger partial charge in [-0.3, -0.25) is 4.79 Å². The molecular weight excluding hydrogens is 404 g/mol. The number of aromatic nitrogens is 1. The molecule has 32 heavy (non-hydrogen) atoms. The van der Waals surface area contributed by atoms with E-state index in [4.69, 9.17) is 15.3 Å². The molecule has 0 radical (unpaired) electrons. The average Bonchev–Trinajstić information content (AvgIpc) is 2.78. The number of hydrogen-bond acceptors (Lipinski definition) is 7. The van der Waals surface area contributed by atoms with Crippen LogP contribution in [0.25, 0.3) is 0 Å². The van der Waals surface area contributed by atoms with Gasteiger partial charge in [-0.05, 0) is 43.9 Å². The SMILES string of the molecule is CO.N=C(c1c(N2CC3(CCOCC3)C2)cc(C=O)nc1Nc1ccccc1)C1CCC1. The molecule has 3 heterocycles. The van der Waals surface area contributed by atoms with Crippen LogP contribution in [0.15, 0.2) is 36.4 Å². The highest BCUT2D eigenvalue weighted by Crippen LogP contribution is 2.45. The standard InChI is InChI=1S/C24H28N4O2.CH4O/c25-22(17-5-4-6-17)21-20(28-15-24(16-28)9-11-30-12-10-24)13-19(14-29)27-23(21)26-18-7-2-1-3-8-18;1-2/h1-3,7-8,13-14,17,25H,4-6,9-12,15-16H2,(H,26,27);2H,1H3. The molecule has 0 atom stereocenters. The molecule has 2 saturated heterocycles. The van der Waals surface area contributed by atoms with Gasteiger partial charge in [-0.25, -0.2) is 4.98 Å². The fourth-order valence-electron chi connectivity index (χ4n) is 4.83. The normalized spacial score (nSPS) is 19.2. The van der Waals surface area contributed by atoms with Crippen molar-refractivity contribution in [1.29, 1.82) is 5.41 Å². The zero-order valence-corrected chi connectivity index (χ0v) is 18.6. The highest BCUT2D eigenvalue weighted by Gasteiger charge is 2.45. The van der Waals surface area contributed by atoms with Gasteiger partial charge in [0.05, 0.1) is 11.3 Å². The minimum atomic E-state index is 0.280. The van der Waals surface area contributed by atoms with Gasteiger partial charge in [0, 0.05) is 56.1 Å². The summed E-state index contributed by atoms with van der Waals surface area (Å²) in [7, 11) is 1.00. The predicted octanol–water partition coefficient (Wildman–Crippen LogP) is 4.03. The summed E-state index contributed by atoms with van der Waals surface area (Å²) >= 11 is 0. The number of nitrogens with one attached hydrogen (secondary N) is 2. The minimum absolute atomic E-state index is 0.280. The number of hydrogen-bond donors (Lipinski definition) is 3. The molecule has 1 aliphatic carbocycles. The maximum atomic E-state index is 11.7. The summed E-state index contributed by atoms with van der Waals surface area (Å²) in [5.41, 5.74) is 4.10. The first-order chi connectivity index (χ1) is 15.7. The molecule has 0 bridgehead atoms. The summed E-state index contributed by atoms with van der Waals surface area (Å²) < 4.78 is 5.56. The van der Waals surface area contributed by atoms with Crippen LogP contribution in [0.2, 0.25) is 0 Å². The number of benzene rings is 1.